The highest BCUT2D eigenvalue weighted by Gasteiger charge is 2.18. The van der Waals surface area contributed by atoms with Crippen molar-refractivity contribution in [2.75, 3.05) is 12.4 Å². The summed E-state index contributed by atoms with van der Waals surface area (Å²) in [7, 11) is 1.43. The average Bonchev–Trinajstić information content (AvgIpc) is 2.44. The number of methoxy groups -OCH3 is 1. The normalized spacial score (nSPS) is 12.1. The van der Waals surface area contributed by atoms with Gasteiger partial charge in [-0.25, -0.2) is 13.2 Å². The number of hydrogen-bond donors (Lipinski definition) is 1. The minimum atomic E-state index is -0.752. The van der Waals surface area contributed by atoms with Crippen molar-refractivity contribution in [2.45, 2.75) is 13.0 Å². The van der Waals surface area contributed by atoms with Crippen LogP contribution in [0.2, 0.25) is 0 Å². The predicted octanol–water partition coefficient (Wildman–Crippen LogP) is 5.05. The maximum atomic E-state index is 14.0. The Bertz CT molecular complexity index is 664. The van der Waals surface area contributed by atoms with Crippen LogP contribution in [-0.4, -0.2) is 7.11 Å². The molecule has 0 spiro atoms. The van der Waals surface area contributed by atoms with Crippen LogP contribution < -0.4 is 10.1 Å². The van der Waals surface area contributed by atoms with Crippen molar-refractivity contribution in [3.63, 3.8) is 0 Å². The SMILES string of the molecule is COc1cccc(F)c1C(C)Nc1cc(Br)c(F)cc1F. The molecule has 2 rings (SSSR count). The number of benzene rings is 2. The first-order valence-corrected chi connectivity index (χ1v) is 6.96. The van der Waals surface area contributed by atoms with E-state index in [0.717, 1.165) is 6.07 Å². The minimum absolute atomic E-state index is 0.0704. The first-order valence-electron chi connectivity index (χ1n) is 6.17. The third kappa shape index (κ3) is 3.32. The molecule has 0 fully saturated rings. The van der Waals surface area contributed by atoms with Gasteiger partial charge in [-0.05, 0) is 41.1 Å². The summed E-state index contributed by atoms with van der Waals surface area (Å²) in [6.07, 6.45) is 0. The van der Waals surface area contributed by atoms with Crippen LogP contribution in [0.5, 0.6) is 5.75 Å². The van der Waals surface area contributed by atoms with E-state index in [1.807, 2.05) is 0 Å². The van der Waals surface area contributed by atoms with Crippen LogP contribution in [0.1, 0.15) is 18.5 Å². The van der Waals surface area contributed by atoms with E-state index in [2.05, 4.69) is 21.2 Å². The van der Waals surface area contributed by atoms with Crippen LogP contribution in [0.4, 0.5) is 18.9 Å². The number of hydrogen-bond acceptors (Lipinski definition) is 2. The Hall–Kier alpha value is -1.69. The topological polar surface area (TPSA) is 21.3 Å². The Morgan fingerprint density at radius 2 is 1.81 bits per heavy atom. The number of nitrogens with one attached hydrogen (secondary N) is 1. The van der Waals surface area contributed by atoms with Crippen LogP contribution in [0.3, 0.4) is 0 Å². The second kappa shape index (κ2) is 6.39. The summed E-state index contributed by atoms with van der Waals surface area (Å²) in [6.45, 7) is 1.66. The molecular formula is C15H13BrF3NO. The van der Waals surface area contributed by atoms with E-state index in [-0.39, 0.29) is 15.7 Å². The molecular weight excluding hydrogens is 347 g/mol. The van der Waals surface area contributed by atoms with Gasteiger partial charge in [0, 0.05) is 6.07 Å². The second-order valence-corrected chi connectivity index (χ2v) is 5.32. The van der Waals surface area contributed by atoms with Gasteiger partial charge >= 0.3 is 0 Å². The summed E-state index contributed by atoms with van der Waals surface area (Å²) in [6, 6.07) is 5.92. The molecule has 0 aromatic heterocycles. The maximum Gasteiger partial charge on any atom is 0.149 e. The van der Waals surface area contributed by atoms with Crippen molar-refractivity contribution in [1.29, 1.82) is 0 Å². The third-order valence-corrected chi connectivity index (χ3v) is 3.66. The quantitative estimate of drug-likeness (QED) is 0.771. The largest absolute Gasteiger partial charge is 0.496 e. The molecule has 21 heavy (non-hydrogen) atoms. The highest BCUT2D eigenvalue weighted by molar-refractivity contribution is 9.10. The zero-order chi connectivity index (χ0) is 15.6. The number of anilines is 1. The lowest BCUT2D eigenvalue weighted by molar-refractivity contribution is 0.402. The van der Waals surface area contributed by atoms with Gasteiger partial charge in [0.2, 0.25) is 0 Å². The van der Waals surface area contributed by atoms with E-state index in [4.69, 9.17) is 4.74 Å². The number of ether oxygens (including phenoxy) is 1. The number of rotatable bonds is 4. The predicted molar refractivity (Wildman–Crippen MR) is 79.0 cm³/mol. The van der Waals surface area contributed by atoms with Crippen LogP contribution in [0.15, 0.2) is 34.8 Å². The summed E-state index contributed by atoms with van der Waals surface area (Å²) in [5, 5.41) is 2.82. The fourth-order valence-corrected chi connectivity index (χ4v) is 2.40. The Labute approximate surface area is 129 Å². The van der Waals surface area contributed by atoms with Crippen LogP contribution in [0, 0.1) is 17.5 Å². The van der Waals surface area contributed by atoms with E-state index >= 15 is 0 Å². The van der Waals surface area contributed by atoms with Gasteiger partial charge in [-0.15, -0.1) is 0 Å². The highest BCUT2D eigenvalue weighted by Crippen LogP contribution is 2.32. The lowest BCUT2D eigenvalue weighted by Gasteiger charge is -2.19. The fraction of sp³-hybridized carbons (Fsp3) is 0.200. The Morgan fingerprint density at radius 1 is 1.10 bits per heavy atom. The standard InChI is InChI=1S/C15H13BrF3NO/c1-8(15-10(17)4-3-5-14(15)21-2)20-13-6-9(16)11(18)7-12(13)19/h3-8,20H,1-2H3. The minimum Gasteiger partial charge on any atom is -0.496 e. The van der Waals surface area contributed by atoms with Gasteiger partial charge in [-0.1, -0.05) is 6.07 Å². The van der Waals surface area contributed by atoms with E-state index < -0.39 is 23.5 Å². The first kappa shape index (κ1) is 15.7. The van der Waals surface area contributed by atoms with Gasteiger partial charge in [0.05, 0.1) is 28.9 Å². The average molecular weight is 360 g/mol. The van der Waals surface area contributed by atoms with E-state index in [1.54, 1.807) is 13.0 Å². The first-order chi connectivity index (χ1) is 9.93. The van der Waals surface area contributed by atoms with Gasteiger partial charge in [-0.2, -0.15) is 0 Å². The van der Waals surface area contributed by atoms with Crippen LogP contribution >= 0.6 is 15.9 Å². The van der Waals surface area contributed by atoms with Crippen molar-refractivity contribution in [3.05, 3.63) is 57.8 Å². The molecule has 2 nitrogen and oxygen atoms in total. The van der Waals surface area contributed by atoms with Crippen molar-refractivity contribution < 1.29 is 17.9 Å². The van der Waals surface area contributed by atoms with Crippen LogP contribution in [-0.2, 0) is 0 Å². The molecule has 2 aromatic rings. The fourth-order valence-electron chi connectivity index (χ4n) is 2.05. The van der Waals surface area contributed by atoms with E-state index in [0.29, 0.717) is 5.75 Å². The second-order valence-electron chi connectivity index (χ2n) is 4.47. The Balaban J connectivity index is 2.35. The Kier molecular flexibility index (Phi) is 4.77. The molecule has 1 atom stereocenters. The Morgan fingerprint density at radius 3 is 2.48 bits per heavy atom. The summed E-state index contributed by atoms with van der Waals surface area (Å²) < 4.78 is 46.1. The summed E-state index contributed by atoms with van der Waals surface area (Å²) >= 11 is 2.99. The maximum absolute atomic E-state index is 14.0. The molecule has 0 saturated carbocycles. The van der Waals surface area contributed by atoms with Crippen molar-refractivity contribution in [3.8, 4) is 5.75 Å². The molecule has 0 aliphatic carbocycles. The van der Waals surface area contributed by atoms with Gasteiger partial charge in [0.15, 0.2) is 0 Å². The molecule has 0 radical (unpaired) electrons. The van der Waals surface area contributed by atoms with Crippen molar-refractivity contribution in [2.24, 2.45) is 0 Å². The van der Waals surface area contributed by atoms with Gasteiger partial charge in [0.1, 0.15) is 23.2 Å². The third-order valence-electron chi connectivity index (χ3n) is 3.05. The molecule has 0 bridgehead atoms. The molecule has 112 valence electrons. The molecule has 0 heterocycles. The summed E-state index contributed by atoms with van der Waals surface area (Å²) in [5.41, 5.74) is 0.348. The molecule has 6 heteroatoms. The zero-order valence-corrected chi connectivity index (χ0v) is 13.0. The number of halogens is 4. The monoisotopic (exact) mass is 359 g/mol. The molecule has 0 aliphatic rings. The van der Waals surface area contributed by atoms with E-state index in [9.17, 15) is 13.2 Å². The van der Waals surface area contributed by atoms with Crippen molar-refractivity contribution >= 4 is 21.6 Å². The zero-order valence-electron chi connectivity index (χ0n) is 11.4. The molecule has 1 unspecified atom stereocenters. The molecule has 1 N–H and O–H groups in total. The summed E-state index contributed by atoms with van der Waals surface area (Å²) in [5.74, 6) is -1.56. The molecule has 2 aromatic carbocycles. The lowest BCUT2D eigenvalue weighted by Crippen LogP contribution is -2.11. The smallest absolute Gasteiger partial charge is 0.149 e. The van der Waals surface area contributed by atoms with Gasteiger partial charge in [0.25, 0.3) is 0 Å². The molecule has 0 amide bonds. The summed E-state index contributed by atoms with van der Waals surface area (Å²) in [4.78, 5) is 0. The molecule has 0 aliphatic heterocycles. The lowest BCUT2D eigenvalue weighted by atomic mass is 10.1. The van der Waals surface area contributed by atoms with Crippen LogP contribution in [0.25, 0.3) is 0 Å². The highest BCUT2D eigenvalue weighted by atomic mass is 79.9. The van der Waals surface area contributed by atoms with Crippen molar-refractivity contribution in [1.82, 2.24) is 0 Å². The van der Waals surface area contributed by atoms with Gasteiger partial charge < -0.3 is 10.1 Å². The molecule has 0 saturated heterocycles. The van der Waals surface area contributed by atoms with E-state index in [1.165, 1.54) is 25.3 Å². The van der Waals surface area contributed by atoms with Gasteiger partial charge in [-0.3, -0.25) is 0 Å².